The predicted molar refractivity (Wildman–Crippen MR) is 80.3 cm³/mol. The summed E-state index contributed by atoms with van der Waals surface area (Å²) in [5.74, 6) is -1.30. The summed E-state index contributed by atoms with van der Waals surface area (Å²) in [6, 6.07) is 6.14. The zero-order chi connectivity index (χ0) is 16.8. The van der Waals surface area contributed by atoms with Gasteiger partial charge in [0.05, 0.1) is 6.07 Å². The first-order valence-corrected chi connectivity index (χ1v) is 6.94. The standard InChI is InChI=1S/C16H20FN3O2/c1-16(2,3)10-13(15(22)19-9-8-18)20-14(21)11-4-6-12(17)7-5-11/h4-7,13H,9-10H2,1-3H3,(H,19,22)(H,20,21)/t13-/m0/s1. The number of halogens is 1. The summed E-state index contributed by atoms with van der Waals surface area (Å²) in [6.07, 6.45) is 0.414. The van der Waals surface area contributed by atoms with Crippen molar-refractivity contribution in [1.29, 1.82) is 5.26 Å². The van der Waals surface area contributed by atoms with Crippen LogP contribution in [-0.2, 0) is 4.79 Å². The van der Waals surface area contributed by atoms with E-state index in [1.165, 1.54) is 24.3 Å². The fourth-order valence-electron chi connectivity index (χ4n) is 1.91. The van der Waals surface area contributed by atoms with Gasteiger partial charge in [0.1, 0.15) is 18.4 Å². The summed E-state index contributed by atoms with van der Waals surface area (Å²) in [5, 5.41) is 13.6. The first-order chi connectivity index (χ1) is 10.2. The Morgan fingerprint density at radius 2 is 1.86 bits per heavy atom. The van der Waals surface area contributed by atoms with Crippen LogP contribution in [0.4, 0.5) is 4.39 Å². The summed E-state index contributed by atoms with van der Waals surface area (Å²) in [7, 11) is 0. The maximum atomic E-state index is 12.9. The van der Waals surface area contributed by atoms with Crippen LogP contribution in [0.15, 0.2) is 24.3 Å². The average Bonchev–Trinajstić information content (AvgIpc) is 2.43. The SMILES string of the molecule is CC(C)(C)C[C@H](NC(=O)c1ccc(F)cc1)C(=O)NCC#N. The molecule has 0 fully saturated rings. The van der Waals surface area contributed by atoms with E-state index in [1.54, 1.807) is 0 Å². The Kier molecular flexibility index (Phi) is 6.05. The van der Waals surface area contributed by atoms with E-state index < -0.39 is 23.7 Å². The number of benzene rings is 1. The lowest BCUT2D eigenvalue weighted by Crippen LogP contribution is -2.48. The molecule has 0 aliphatic rings. The van der Waals surface area contributed by atoms with Gasteiger partial charge in [0.2, 0.25) is 5.91 Å². The molecule has 0 bridgehead atoms. The topological polar surface area (TPSA) is 82.0 Å². The molecule has 6 heteroatoms. The van der Waals surface area contributed by atoms with Gasteiger partial charge in [-0.1, -0.05) is 20.8 Å². The monoisotopic (exact) mass is 305 g/mol. The van der Waals surface area contributed by atoms with Crippen LogP contribution >= 0.6 is 0 Å². The predicted octanol–water partition coefficient (Wildman–Crippen LogP) is 2.00. The lowest BCUT2D eigenvalue weighted by atomic mass is 9.87. The van der Waals surface area contributed by atoms with Crippen molar-refractivity contribution < 1.29 is 14.0 Å². The molecule has 0 radical (unpaired) electrons. The normalized spacial score (nSPS) is 12.1. The molecule has 0 spiro atoms. The molecular formula is C16H20FN3O2. The first kappa shape index (κ1) is 17.6. The number of carbonyl (C=O) groups excluding carboxylic acids is 2. The molecule has 1 rings (SSSR count). The highest BCUT2D eigenvalue weighted by molar-refractivity contribution is 5.97. The molecule has 2 amide bonds. The van der Waals surface area contributed by atoms with Gasteiger partial charge in [-0.2, -0.15) is 5.26 Å². The van der Waals surface area contributed by atoms with E-state index >= 15 is 0 Å². The highest BCUT2D eigenvalue weighted by atomic mass is 19.1. The summed E-state index contributed by atoms with van der Waals surface area (Å²) in [4.78, 5) is 24.2. The van der Waals surface area contributed by atoms with Crippen molar-refractivity contribution in [3.63, 3.8) is 0 Å². The Labute approximate surface area is 129 Å². The molecule has 0 heterocycles. The van der Waals surface area contributed by atoms with Crippen LogP contribution in [0.1, 0.15) is 37.6 Å². The Morgan fingerprint density at radius 3 is 2.36 bits per heavy atom. The maximum absolute atomic E-state index is 12.9. The smallest absolute Gasteiger partial charge is 0.251 e. The highest BCUT2D eigenvalue weighted by Gasteiger charge is 2.26. The van der Waals surface area contributed by atoms with Gasteiger partial charge in [-0.05, 0) is 36.1 Å². The summed E-state index contributed by atoms with van der Waals surface area (Å²) in [5.41, 5.74) is 0.0819. The molecule has 5 nitrogen and oxygen atoms in total. The van der Waals surface area contributed by atoms with Crippen molar-refractivity contribution in [2.45, 2.75) is 33.2 Å². The van der Waals surface area contributed by atoms with E-state index in [0.717, 1.165) is 0 Å². The zero-order valence-corrected chi connectivity index (χ0v) is 12.9. The van der Waals surface area contributed by atoms with Crippen molar-refractivity contribution in [2.75, 3.05) is 6.54 Å². The fourth-order valence-corrected chi connectivity index (χ4v) is 1.91. The van der Waals surface area contributed by atoms with Gasteiger partial charge in [-0.15, -0.1) is 0 Å². The molecule has 2 N–H and O–H groups in total. The second-order valence-corrected chi connectivity index (χ2v) is 6.17. The molecule has 0 aliphatic heterocycles. The number of nitrogens with zero attached hydrogens (tertiary/aromatic N) is 1. The molecular weight excluding hydrogens is 285 g/mol. The summed E-state index contributed by atoms with van der Waals surface area (Å²) < 4.78 is 12.9. The zero-order valence-electron chi connectivity index (χ0n) is 12.9. The van der Waals surface area contributed by atoms with Crippen molar-refractivity contribution in [2.24, 2.45) is 5.41 Å². The Hall–Kier alpha value is -2.42. The van der Waals surface area contributed by atoms with Gasteiger partial charge < -0.3 is 10.6 Å². The van der Waals surface area contributed by atoms with Crippen LogP contribution in [-0.4, -0.2) is 24.4 Å². The Morgan fingerprint density at radius 1 is 1.27 bits per heavy atom. The van der Waals surface area contributed by atoms with Crippen molar-refractivity contribution in [3.05, 3.63) is 35.6 Å². The minimum Gasteiger partial charge on any atom is -0.341 e. The Bertz CT molecular complexity index is 571. The molecule has 118 valence electrons. The number of nitriles is 1. The van der Waals surface area contributed by atoms with E-state index in [2.05, 4.69) is 10.6 Å². The van der Waals surface area contributed by atoms with E-state index in [9.17, 15) is 14.0 Å². The molecule has 1 atom stereocenters. The molecule has 0 aliphatic carbocycles. The lowest BCUT2D eigenvalue weighted by Gasteiger charge is -2.25. The maximum Gasteiger partial charge on any atom is 0.251 e. The lowest BCUT2D eigenvalue weighted by molar-refractivity contribution is -0.123. The average molecular weight is 305 g/mol. The molecule has 0 saturated carbocycles. The fraction of sp³-hybridized carbons (Fsp3) is 0.438. The van der Waals surface area contributed by atoms with E-state index in [-0.39, 0.29) is 17.5 Å². The number of carbonyl (C=O) groups is 2. The van der Waals surface area contributed by atoms with E-state index in [4.69, 9.17) is 5.26 Å². The van der Waals surface area contributed by atoms with Crippen LogP contribution in [0.2, 0.25) is 0 Å². The number of amides is 2. The second-order valence-electron chi connectivity index (χ2n) is 6.17. The van der Waals surface area contributed by atoms with Crippen LogP contribution in [0.5, 0.6) is 0 Å². The van der Waals surface area contributed by atoms with Crippen molar-refractivity contribution in [1.82, 2.24) is 10.6 Å². The third-order valence-corrected chi connectivity index (χ3v) is 2.89. The van der Waals surface area contributed by atoms with E-state index in [1.807, 2.05) is 26.8 Å². The first-order valence-electron chi connectivity index (χ1n) is 6.94. The number of nitrogens with one attached hydrogen (secondary N) is 2. The van der Waals surface area contributed by atoms with Gasteiger partial charge in [0, 0.05) is 5.56 Å². The number of rotatable bonds is 5. The molecule has 1 aromatic rings. The second kappa shape index (κ2) is 7.55. The van der Waals surface area contributed by atoms with Gasteiger partial charge in [-0.3, -0.25) is 9.59 Å². The largest absolute Gasteiger partial charge is 0.341 e. The van der Waals surface area contributed by atoms with Gasteiger partial charge in [-0.25, -0.2) is 4.39 Å². The molecule has 0 saturated heterocycles. The molecule has 22 heavy (non-hydrogen) atoms. The van der Waals surface area contributed by atoms with Crippen LogP contribution < -0.4 is 10.6 Å². The van der Waals surface area contributed by atoms with E-state index in [0.29, 0.717) is 6.42 Å². The van der Waals surface area contributed by atoms with Gasteiger partial charge in [0.15, 0.2) is 0 Å². The highest BCUT2D eigenvalue weighted by Crippen LogP contribution is 2.21. The van der Waals surface area contributed by atoms with Crippen molar-refractivity contribution >= 4 is 11.8 Å². The third kappa shape index (κ3) is 5.92. The van der Waals surface area contributed by atoms with Gasteiger partial charge >= 0.3 is 0 Å². The van der Waals surface area contributed by atoms with Crippen molar-refractivity contribution in [3.8, 4) is 6.07 Å². The van der Waals surface area contributed by atoms with Gasteiger partial charge in [0.25, 0.3) is 5.91 Å². The Balaban J connectivity index is 2.83. The molecule has 1 aromatic carbocycles. The summed E-state index contributed by atoms with van der Waals surface area (Å²) >= 11 is 0. The van der Waals surface area contributed by atoms with Crippen LogP contribution in [0.25, 0.3) is 0 Å². The minimum absolute atomic E-state index is 0.119. The number of hydrogen-bond acceptors (Lipinski definition) is 3. The number of hydrogen-bond donors (Lipinski definition) is 2. The summed E-state index contributed by atoms with van der Waals surface area (Å²) in [6.45, 7) is 5.72. The quantitative estimate of drug-likeness (QED) is 0.816. The molecule has 0 aromatic heterocycles. The minimum atomic E-state index is -0.758. The third-order valence-electron chi connectivity index (χ3n) is 2.89. The van der Waals surface area contributed by atoms with Crippen LogP contribution in [0, 0.1) is 22.6 Å². The van der Waals surface area contributed by atoms with Crippen LogP contribution in [0.3, 0.4) is 0 Å². The molecule has 0 unspecified atom stereocenters.